The molecule has 0 unspecified atom stereocenters. The Kier molecular flexibility index (Phi) is 6.90. The average Bonchev–Trinajstić information content (AvgIpc) is 3.29. The lowest BCUT2D eigenvalue weighted by molar-refractivity contribution is 0.163. The first-order valence-electron chi connectivity index (χ1n) is 10.4. The SMILES string of the molecule is C[C@@H](NS(=O)(=O)c1ccc(F)cc1)[C@@H](c1cccs1)N1CCN(c2ccccc2F)CC1. The predicted octanol–water partition coefficient (Wildman–Crippen LogP) is 4.26. The fraction of sp³-hybridized carbons (Fsp3) is 0.304. The Labute approximate surface area is 191 Å². The first-order chi connectivity index (χ1) is 15.3. The number of nitrogens with one attached hydrogen (secondary N) is 1. The number of halogens is 2. The second-order valence-corrected chi connectivity index (χ2v) is 10.5. The van der Waals surface area contributed by atoms with E-state index in [1.54, 1.807) is 23.5 Å². The van der Waals surface area contributed by atoms with E-state index < -0.39 is 21.9 Å². The van der Waals surface area contributed by atoms with Crippen molar-refractivity contribution in [2.75, 3.05) is 31.1 Å². The molecular formula is C23H25F2N3O2S2. The summed E-state index contributed by atoms with van der Waals surface area (Å²) in [7, 11) is -3.81. The van der Waals surface area contributed by atoms with E-state index in [4.69, 9.17) is 0 Å². The quantitative estimate of drug-likeness (QED) is 0.553. The van der Waals surface area contributed by atoms with E-state index in [0.717, 1.165) is 17.0 Å². The number of benzene rings is 2. The number of para-hydroxylation sites is 1. The fourth-order valence-corrected chi connectivity index (χ4v) is 6.36. The van der Waals surface area contributed by atoms with Crippen molar-refractivity contribution in [1.82, 2.24) is 9.62 Å². The molecule has 0 saturated carbocycles. The van der Waals surface area contributed by atoms with Gasteiger partial charge >= 0.3 is 0 Å². The summed E-state index contributed by atoms with van der Waals surface area (Å²) < 4.78 is 56.0. The van der Waals surface area contributed by atoms with Crippen molar-refractivity contribution < 1.29 is 17.2 Å². The van der Waals surface area contributed by atoms with Gasteiger partial charge in [0.25, 0.3) is 0 Å². The Balaban J connectivity index is 1.51. The maximum atomic E-state index is 14.2. The zero-order chi connectivity index (χ0) is 22.7. The van der Waals surface area contributed by atoms with Crippen LogP contribution in [0.1, 0.15) is 17.8 Å². The zero-order valence-corrected chi connectivity index (χ0v) is 19.3. The molecule has 9 heteroatoms. The van der Waals surface area contributed by atoms with Crippen LogP contribution in [0.15, 0.2) is 70.9 Å². The van der Waals surface area contributed by atoms with Crippen LogP contribution in [0.5, 0.6) is 0 Å². The average molecular weight is 478 g/mol. The number of thiophene rings is 1. The Morgan fingerprint density at radius 3 is 2.25 bits per heavy atom. The molecule has 2 aromatic carbocycles. The predicted molar refractivity (Wildman–Crippen MR) is 123 cm³/mol. The molecule has 0 spiro atoms. The van der Waals surface area contributed by atoms with Gasteiger partial charge in [-0.1, -0.05) is 18.2 Å². The summed E-state index contributed by atoms with van der Waals surface area (Å²) in [4.78, 5) is 5.34. The highest BCUT2D eigenvalue weighted by Gasteiger charge is 2.33. The standard InChI is InChI=1S/C23H25F2N3O2S2/c1-17(26-32(29,30)19-10-8-18(24)9-11-19)23(22-7-4-16-31-22)28-14-12-27(13-15-28)21-6-3-2-5-20(21)25/h2-11,16-17,23,26H,12-15H2,1H3/t17-,23+/m1/s1. The van der Waals surface area contributed by atoms with Crippen LogP contribution < -0.4 is 9.62 Å². The summed E-state index contributed by atoms with van der Waals surface area (Å²) in [5, 5.41) is 1.97. The first-order valence-corrected chi connectivity index (χ1v) is 12.8. The number of sulfonamides is 1. The minimum Gasteiger partial charge on any atom is -0.367 e. The highest BCUT2D eigenvalue weighted by atomic mass is 32.2. The summed E-state index contributed by atoms with van der Waals surface area (Å²) >= 11 is 1.58. The van der Waals surface area contributed by atoms with Gasteiger partial charge in [0.1, 0.15) is 11.6 Å². The molecule has 5 nitrogen and oxygen atoms in total. The van der Waals surface area contributed by atoms with Gasteiger partial charge in [-0.05, 0) is 54.8 Å². The molecule has 0 aliphatic carbocycles. The van der Waals surface area contributed by atoms with Crippen LogP contribution in [-0.2, 0) is 10.0 Å². The molecule has 1 saturated heterocycles. The third kappa shape index (κ3) is 5.01. The highest BCUT2D eigenvalue weighted by Crippen LogP contribution is 2.31. The molecular weight excluding hydrogens is 452 g/mol. The largest absolute Gasteiger partial charge is 0.367 e. The van der Waals surface area contributed by atoms with E-state index in [-0.39, 0.29) is 16.8 Å². The van der Waals surface area contributed by atoms with Crippen LogP contribution in [0.3, 0.4) is 0 Å². The first kappa shape index (κ1) is 22.8. The Morgan fingerprint density at radius 1 is 0.938 bits per heavy atom. The fourth-order valence-electron chi connectivity index (χ4n) is 4.14. The molecule has 4 rings (SSSR count). The molecule has 2 atom stereocenters. The molecule has 0 radical (unpaired) electrons. The molecule has 0 amide bonds. The Hall–Kier alpha value is -2.33. The Morgan fingerprint density at radius 2 is 1.62 bits per heavy atom. The lowest BCUT2D eigenvalue weighted by atomic mass is 10.1. The van der Waals surface area contributed by atoms with Gasteiger partial charge in [-0.3, -0.25) is 4.90 Å². The third-order valence-corrected chi connectivity index (χ3v) is 8.19. The molecule has 1 aliphatic rings. The number of anilines is 1. The molecule has 2 heterocycles. The van der Waals surface area contributed by atoms with E-state index in [0.29, 0.717) is 31.9 Å². The van der Waals surface area contributed by atoms with Gasteiger partial charge in [0.15, 0.2) is 0 Å². The van der Waals surface area contributed by atoms with E-state index in [9.17, 15) is 17.2 Å². The summed E-state index contributed by atoms with van der Waals surface area (Å²) in [5.41, 5.74) is 0.588. The normalized spacial score (nSPS) is 17.3. The van der Waals surface area contributed by atoms with Gasteiger partial charge < -0.3 is 4.90 Å². The number of hydrogen-bond donors (Lipinski definition) is 1. The summed E-state index contributed by atoms with van der Waals surface area (Å²) in [6.45, 7) is 4.45. The number of nitrogens with zero attached hydrogens (tertiary/aromatic N) is 2. The lowest BCUT2D eigenvalue weighted by Gasteiger charge is -2.42. The molecule has 1 aromatic heterocycles. The number of piperazine rings is 1. The molecule has 1 aliphatic heterocycles. The van der Waals surface area contributed by atoms with Crippen molar-refractivity contribution >= 4 is 27.0 Å². The van der Waals surface area contributed by atoms with Gasteiger partial charge in [-0.2, -0.15) is 0 Å². The van der Waals surface area contributed by atoms with Crippen LogP contribution in [0.2, 0.25) is 0 Å². The molecule has 3 aromatic rings. The molecule has 1 fully saturated rings. The summed E-state index contributed by atoms with van der Waals surface area (Å²) in [5.74, 6) is -0.725. The minimum absolute atomic E-state index is 0.0278. The van der Waals surface area contributed by atoms with E-state index in [2.05, 4.69) is 9.62 Å². The van der Waals surface area contributed by atoms with Gasteiger partial charge in [-0.25, -0.2) is 21.9 Å². The molecule has 1 N–H and O–H groups in total. The van der Waals surface area contributed by atoms with Crippen molar-refractivity contribution in [2.24, 2.45) is 0 Å². The monoisotopic (exact) mass is 477 g/mol. The number of hydrogen-bond acceptors (Lipinski definition) is 5. The highest BCUT2D eigenvalue weighted by molar-refractivity contribution is 7.89. The van der Waals surface area contributed by atoms with E-state index in [1.807, 2.05) is 35.4 Å². The Bertz CT molecular complexity index is 1130. The third-order valence-electron chi connectivity index (χ3n) is 5.67. The molecule has 32 heavy (non-hydrogen) atoms. The second kappa shape index (κ2) is 9.66. The zero-order valence-electron chi connectivity index (χ0n) is 17.6. The van der Waals surface area contributed by atoms with Crippen LogP contribution in [0.25, 0.3) is 0 Å². The second-order valence-electron chi connectivity index (χ2n) is 7.80. The smallest absolute Gasteiger partial charge is 0.240 e. The summed E-state index contributed by atoms with van der Waals surface area (Å²) in [6.07, 6.45) is 0. The lowest BCUT2D eigenvalue weighted by Crippen LogP contribution is -2.52. The minimum atomic E-state index is -3.81. The van der Waals surface area contributed by atoms with Gasteiger partial charge in [0, 0.05) is 37.1 Å². The molecule has 0 bridgehead atoms. The van der Waals surface area contributed by atoms with E-state index >= 15 is 0 Å². The van der Waals surface area contributed by atoms with Crippen molar-refractivity contribution in [2.45, 2.75) is 23.9 Å². The van der Waals surface area contributed by atoms with Gasteiger partial charge in [0.2, 0.25) is 10.0 Å². The van der Waals surface area contributed by atoms with Crippen molar-refractivity contribution in [3.05, 3.63) is 82.6 Å². The van der Waals surface area contributed by atoms with Crippen LogP contribution in [0.4, 0.5) is 14.5 Å². The molecule has 170 valence electrons. The van der Waals surface area contributed by atoms with Crippen LogP contribution >= 0.6 is 11.3 Å². The van der Waals surface area contributed by atoms with Crippen molar-refractivity contribution in [1.29, 1.82) is 0 Å². The topological polar surface area (TPSA) is 52.7 Å². The van der Waals surface area contributed by atoms with Crippen molar-refractivity contribution in [3.63, 3.8) is 0 Å². The van der Waals surface area contributed by atoms with Gasteiger partial charge in [0.05, 0.1) is 16.6 Å². The van der Waals surface area contributed by atoms with Crippen LogP contribution in [-0.4, -0.2) is 45.5 Å². The van der Waals surface area contributed by atoms with Crippen LogP contribution in [0, 0.1) is 11.6 Å². The summed E-state index contributed by atoms with van der Waals surface area (Å²) in [6, 6.07) is 14.9. The maximum absolute atomic E-state index is 14.2. The maximum Gasteiger partial charge on any atom is 0.240 e. The van der Waals surface area contributed by atoms with E-state index in [1.165, 1.54) is 18.2 Å². The number of rotatable bonds is 7. The van der Waals surface area contributed by atoms with Crippen molar-refractivity contribution in [3.8, 4) is 0 Å². The van der Waals surface area contributed by atoms with Gasteiger partial charge in [-0.15, -0.1) is 11.3 Å².